The molecule has 0 saturated heterocycles. The SMILES string of the molecule is N#Cc1c(Cl)cccc1OCCS(=O)(=O)Cl. The minimum absolute atomic E-state index is 0.124. The Morgan fingerprint density at radius 2 is 2.12 bits per heavy atom. The van der Waals surface area contributed by atoms with Gasteiger partial charge in [0.05, 0.1) is 10.8 Å². The lowest BCUT2D eigenvalue weighted by Gasteiger charge is -2.07. The largest absolute Gasteiger partial charge is 0.491 e. The molecule has 7 heteroatoms. The second-order valence-corrected chi connectivity index (χ2v) is 6.12. The Morgan fingerprint density at radius 3 is 2.69 bits per heavy atom. The van der Waals surface area contributed by atoms with Crippen molar-refractivity contribution in [2.24, 2.45) is 0 Å². The zero-order chi connectivity index (χ0) is 12.2. The highest BCUT2D eigenvalue weighted by Gasteiger charge is 2.09. The minimum Gasteiger partial charge on any atom is -0.491 e. The summed E-state index contributed by atoms with van der Waals surface area (Å²) in [4.78, 5) is 0. The van der Waals surface area contributed by atoms with Crippen molar-refractivity contribution < 1.29 is 13.2 Å². The van der Waals surface area contributed by atoms with E-state index < -0.39 is 9.05 Å². The molecular weight excluding hydrogens is 273 g/mol. The Bertz CT molecular complexity index is 522. The first kappa shape index (κ1) is 13.1. The van der Waals surface area contributed by atoms with Crippen LogP contribution in [0.25, 0.3) is 0 Å². The summed E-state index contributed by atoms with van der Waals surface area (Å²) in [6.07, 6.45) is 0. The highest BCUT2D eigenvalue weighted by molar-refractivity contribution is 8.13. The lowest BCUT2D eigenvalue weighted by Crippen LogP contribution is -2.09. The minimum atomic E-state index is -3.59. The van der Waals surface area contributed by atoms with E-state index in [0.717, 1.165) is 0 Å². The molecule has 0 bridgehead atoms. The van der Waals surface area contributed by atoms with Crippen LogP contribution in [0.2, 0.25) is 5.02 Å². The number of ether oxygens (including phenoxy) is 1. The second-order valence-electron chi connectivity index (χ2n) is 2.82. The van der Waals surface area contributed by atoms with E-state index in [9.17, 15) is 8.42 Å². The number of benzene rings is 1. The summed E-state index contributed by atoms with van der Waals surface area (Å²) in [5.41, 5.74) is 0.177. The van der Waals surface area contributed by atoms with Gasteiger partial charge in [-0.1, -0.05) is 17.7 Å². The first-order valence-electron chi connectivity index (χ1n) is 4.18. The Hall–Kier alpha value is -0.960. The van der Waals surface area contributed by atoms with E-state index >= 15 is 0 Å². The van der Waals surface area contributed by atoms with Crippen LogP contribution in [-0.2, 0) is 9.05 Å². The van der Waals surface area contributed by atoms with E-state index in [0.29, 0.717) is 0 Å². The number of halogens is 2. The van der Waals surface area contributed by atoms with Crippen molar-refractivity contribution in [3.8, 4) is 11.8 Å². The highest BCUT2D eigenvalue weighted by atomic mass is 35.7. The molecular formula is C9H7Cl2NO3S. The van der Waals surface area contributed by atoms with Gasteiger partial charge in [-0.25, -0.2) is 8.42 Å². The summed E-state index contributed by atoms with van der Waals surface area (Å²) in [7, 11) is 1.41. The molecule has 0 unspecified atom stereocenters. The highest BCUT2D eigenvalue weighted by Crippen LogP contribution is 2.25. The van der Waals surface area contributed by atoms with E-state index in [1.54, 1.807) is 12.1 Å². The van der Waals surface area contributed by atoms with Crippen LogP contribution in [0.15, 0.2) is 18.2 Å². The molecule has 0 fully saturated rings. The molecule has 0 radical (unpaired) electrons. The number of nitrogens with zero attached hydrogens (tertiary/aromatic N) is 1. The van der Waals surface area contributed by atoms with E-state index in [4.69, 9.17) is 32.3 Å². The van der Waals surface area contributed by atoms with Crippen LogP contribution >= 0.6 is 22.3 Å². The average molecular weight is 280 g/mol. The zero-order valence-corrected chi connectivity index (χ0v) is 10.3. The lowest BCUT2D eigenvalue weighted by molar-refractivity contribution is 0.340. The predicted octanol–water partition coefficient (Wildman–Crippen LogP) is 2.16. The third-order valence-corrected chi connectivity index (χ3v) is 3.10. The maximum absolute atomic E-state index is 10.6. The first-order chi connectivity index (χ1) is 7.44. The van der Waals surface area contributed by atoms with Gasteiger partial charge in [0.2, 0.25) is 9.05 Å². The first-order valence-corrected chi connectivity index (χ1v) is 7.03. The summed E-state index contributed by atoms with van der Waals surface area (Å²) in [5, 5.41) is 9.06. The van der Waals surface area contributed by atoms with Crippen molar-refractivity contribution in [1.82, 2.24) is 0 Å². The Morgan fingerprint density at radius 1 is 1.44 bits per heavy atom. The zero-order valence-electron chi connectivity index (χ0n) is 7.98. The van der Waals surface area contributed by atoms with Gasteiger partial charge in [0.15, 0.2) is 0 Å². The number of hydrogen-bond acceptors (Lipinski definition) is 4. The third-order valence-electron chi connectivity index (χ3n) is 1.67. The summed E-state index contributed by atoms with van der Waals surface area (Å²) >= 11 is 5.75. The van der Waals surface area contributed by atoms with Crippen molar-refractivity contribution in [2.45, 2.75) is 0 Å². The number of nitriles is 1. The molecule has 0 spiro atoms. The monoisotopic (exact) mass is 279 g/mol. The van der Waals surface area contributed by atoms with Gasteiger partial charge in [-0.2, -0.15) is 5.26 Å². The quantitative estimate of drug-likeness (QED) is 0.792. The van der Waals surface area contributed by atoms with Gasteiger partial charge < -0.3 is 4.74 Å². The molecule has 1 rings (SSSR count). The van der Waals surface area contributed by atoms with Crippen LogP contribution in [0.5, 0.6) is 5.75 Å². The standard InChI is InChI=1S/C9H7Cl2NO3S/c10-8-2-1-3-9(7(8)6-12)15-4-5-16(11,13)14/h1-3H,4-5H2. The maximum atomic E-state index is 10.6. The van der Waals surface area contributed by atoms with E-state index in [1.807, 2.05) is 6.07 Å². The molecule has 0 aliphatic rings. The van der Waals surface area contributed by atoms with Gasteiger partial charge in [-0.3, -0.25) is 0 Å². The molecule has 16 heavy (non-hydrogen) atoms. The molecule has 0 saturated carbocycles. The number of hydrogen-bond donors (Lipinski definition) is 0. The molecule has 86 valence electrons. The van der Waals surface area contributed by atoms with Crippen molar-refractivity contribution in [1.29, 1.82) is 5.26 Å². The molecule has 0 aromatic heterocycles. The van der Waals surface area contributed by atoms with Crippen LogP contribution < -0.4 is 4.74 Å². The molecule has 0 N–H and O–H groups in total. The van der Waals surface area contributed by atoms with Crippen LogP contribution in [0, 0.1) is 11.3 Å². The van der Waals surface area contributed by atoms with E-state index in [2.05, 4.69) is 0 Å². The summed E-state index contributed by atoms with van der Waals surface area (Å²) in [6, 6.07) is 6.56. The molecule has 0 aliphatic heterocycles. The Balaban J connectivity index is 2.76. The van der Waals surface area contributed by atoms with Gasteiger partial charge >= 0.3 is 0 Å². The summed E-state index contributed by atoms with van der Waals surface area (Å²) in [5.74, 6) is -0.0818. The van der Waals surface area contributed by atoms with Gasteiger partial charge in [0, 0.05) is 10.7 Å². The summed E-state index contributed by atoms with van der Waals surface area (Å²) in [6.45, 7) is -0.124. The Labute approximate surface area is 103 Å². The van der Waals surface area contributed by atoms with Crippen LogP contribution in [0.1, 0.15) is 5.56 Å². The van der Waals surface area contributed by atoms with Crippen LogP contribution in [0.3, 0.4) is 0 Å². The fourth-order valence-corrected chi connectivity index (χ4v) is 1.66. The number of rotatable bonds is 4. The van der Waals surface area contributed by atoms with Gasteiger partial charge in [0.25, 0.3) is 0 Å². The normalized spacial score (nSPS) is 10.8. The smallest absolute Gasteiger partial charge is 0.235 e. The molecule has 4 nitrogen and oxygen atoms in total. The topological polar surface area (TPSA) is 67.2 Å². The van der Waals surface area contributed by atoms with Crippen molar-refractivity contribution >= 4 is 31.3 Å². The molecule has 0 atom stereocenters. The lowest BCUT2D eigenvalue weighted by atomic mass is 10.2. The van der Waals surface area contributed by atoms with Crippen molar-refractivity contribution in [3.05, 3.63) is 28.8 Å². The van der Waals surface area contributed by atoms with Crippen LogP contribution in [0.4, 0.5) is 0 Å². The Kier molecular flexibility index (Phi) is 4.42. The molecule has 1 aromatic carbocycles. The fraction of sp³-hybridized carbons (Fsp3) is 0.222. The van der Waals surface area contributed by atoms with Crippen molar-refractivity contribution in [3.63, 3.8) is 0 Å². The molecule has 1 aromatic rings. The average Bonchev–Trinajstić information content (AvgIpc) is 2.16. The van der Waals surface area contributed by atoms with Gasteiger partial charge in [-0.15, -0.1) is 0 Å². The third kappa shape index (κ3) is 3.89. The second kappa shape index (κ2) is 5.39. The summed E-state index contributed by atoms with van der Waals surface area (Å²) < 4.78 is 26.4. The van der Waals surface area contributed by atoms with Crippen molar-refractivity contribution in [2.75, 3.05) is 12.4 Å². The maximum Gasteiger partial charge on any atom is 0.235 e. The molecule has 0 aliphatic carbocycles. The van der Waals surface area contributed by atoms with E-state index in [-0.39, 0.29) is 28.7 Å². The predicted molar refractivity (Wildman–Crippen MR) is 61.3 cm³/mol. The van der Waals surface area contributed by atoms with E-state index in [1.165, 1.54) is 6.07 Å². The molecule has 0 heterocycles. The van der Waals surface area contributed by atoms with Gasteiger partial charge in [0.1, 0.15) is 24.0 Å². The molecule has 0 amide bonds. The fourth-order valence-electron chi connectivity index (χ4n) is 0.984. The van der Waals surface area contributed by atoms with Crippen LogP contribution in [-0.4, -0.2) is 20.8 Å². The van der Waals surface area contributed by atoms with Gasteiger partial charge in [-0.05, 0) is 12.1 Å².